The number of hydrogen-bond acceptors (Lipinski definition) is 6. The first-order valence-corrected chi connectivity index (χ1v) is 8.44. The maximum absolute atomic E-state index is 12.3. The monoisotopic (exact) mass is 314 g/mol. The molecule has 9 heteroatoms. The zero-order valence-corrected chi connectivity index (χ0v) is 12.4. The second kappa shape index (κ2) is 4.83. The second-order valence-electron chi connectivity index (χ2n) is 4.70. The maximum atomic E-state index is 12.3. The molecule has 0 radical (unpaired) electrons. The number of aliphatic hydroxyl groups is 1. The van der Waals surface area contributed by atoms with E-state index < -0.39 is 10.0 Å². The summed E-state index contributed by atoms with van der Waals surface area (Å²) in [5.41, 5.74) is 0.612. The van der Waals surface area contributed by atoms with Gasteiger partial charge in [-0.25, -0.2) is 8.42 Å². The summed E-state index contributed by atoms with van der Waals surface area (Å²) in [7, 11) is -3.69. The molecule has 0 unspecified atom stereocenters. The lowest BCUT2D eigenvalue weighted by Gasteiger charge is -2.03. The Morgan fingerprint density at radius 3 is 2.80 bits per heavy atom. The Bertz CT molecular complexity index is 731. The fourth-order valence-electron chi connectivity index (χ4n) is 1.97. The van der Waals surface area contributed by atoms with Gasteiger partial charge < -0.3 is 9.67 Å². The molecule has 108 valence electrons. The molecule has 2 aromatic heterocycles. The summed E-state index contributed by atoms with van der Waals surface area (Å²) in [6.45, 7) is 1.58. The Morgan fingerprint density at radius 1 is 1.50 bits per heavy atom. The molecule has 2 aromatic rings. The van der Waals surface area contributed by atoms with Crippen LogP contribution in [0.5, 0.6) is 0 Å². The minimum absolute atomic E-state index is 0.140. The average Bonchev–Trinajstić information content (AvgIpc) is 3.01. The van der Waals surface area contributed by atoms with Crippen molar-refractivity contribution in [2.75, 3.05) is 4.72 Å². The number of sulfonamides is 1. The molecule has 1 aliphatic carbocycles. The lowest BCUT2D eigenvalue weighted by atomic mass is 10.4. The van der Waals surface area contributed by atoms with Crippen LogP contribution in [0.15, 0.2) is 17.2 Å². The highest BCUT2D eigenvalue weighted by Crippen LogP contribution is 2.37. The summed E-state index contributed by atoms with van der Waals surface area (Å²) in [5, 5.41) is 17.8. The summed E-state index contributed by atoms with van der Waals surface area (Å²) in [4.78, 5) is 0.140. The average molecular weight is 314 g/mol. The van der Waals surface area contributed by atoms with E-state index in [-0.39, 0.29) is 16.6 Å². The molecule has 0 aliphatic heterocycles. The minimum Gasteiger partial charge on any atom is -0.390 e. The molecular weight excluding hydrogens is 300 g/mol. The molecule has 20 heavy (non-hydrogen) atoms. The maximum Gasteiger partial charge on any atom is 0.265 e. The molecule has 2 N–H and O–H groups in total. The van der Waals surface area contributed by atoms with Crippen LogP contribution in [0, 0.1) is 6.92 Å². The third-order valence-electron chi connectivity index (χ3n) is 3.07. The highest BCUT2D eigenvalue weighted by atomic mass is 32.2. The van der Waals surface area contributed by atoms with Gasteiger partial charge in [-0.2, -0.15) is 0 Å². The van der Waals surface area contributed by atoms with Crippen LogP contribution >= 0.6 is 11.3 Å². The van der Waals surface area contributed by atoms with E-state index in [4.69, 9.17) is 0 Å². The van der Waals surface area contributed by atoms with Crippen molar-refractivity contribution in [3.05, 3.63) is 23.0 Å². The van der Waals surface area contributed by atoms with Gasteiger partial charge in [0, 0.05) is 17.9 Å². The Kier molecular flexibility index (Phi) is 3.27. The standard InChI is InChI=1S/C11H14N4O3S2/c1-7-12-13-11(19-7)14-20(17,18)10-4-9(6-16)15(5-10)8-2-3-8/h4-5,8,16H,2-3,6H2,1H3,(H,13,14). The van der Waals surface area contributed by atoms with Gasteiger partial charge in [0.15, 0.2) is 0 Å². The first-order valence-electron chi connectivity index (χ1n) is 6.14. The topological polar surface area (TPSA) is 97.1 Å². The van der Waals surface area contributed by atoms with E-state index in [2.05, 4.69) is 14.9 Å². The number of anilines is 1. The van der Waals surface area contributed by atoms with Gasteiger partial charge in [-0.05, 0) is 25.8 Å². The molecule has 3 rings (SSSR count). The molecule has 0 bridgehead atoms. The largest absolute Gasteiger partial charge is 0.390 e. The van der Waals surface area contributed by atoms with Gasteiger partial charge in [0.25, 0.3) is 10.0 Å². The van der Waals surface area contributed by atoms with Crippen molar-refractivity contribution in [1.82, 2.24) is 14.8 Å². The number of aliphatic hydroxyl groups excluding tert-OH is 1. The van der Waals surface area contributed by atoms with E-state index in [0.717, 1.165) is 12.8 Å². The van der Waals surface area contributed by atoms with Gasteiger partial charge in [0.2, 0.25) is 5.13 Å². The van der Waals surface area contributed by atoms with Gasteiger partial charge in [-0.15, -0.1) is 10.2 Å². The molecular formula is C11H14N4O3S2. The summed E-state index contributed by atoms with van der Waals surface area (Å²) in [6.07, 6.45) is 3.60. The molecule has 0 atom stereocenters. The fraction of sp³-hybridized carbons (Fsp3) is 0.455. The first-order chi connectivity index (χ1) is 9.49. The van der Waals surface area contributed by atoms with E-state index in [1.54, 1.807) is 13.1 Å². The van der Waals surface area contributed by atoms with Crippen molar-refractivity contribution >= 4 is 26.5 Å². The van der Waals surface area contributed by atoms with E-state index in [9.17, 15) is 13.5 Å². The molecule has 2 heterocycles. The summed E-state index contributed by atoms with van der Waals surface area (Å²) in [6, 6.07) is 1.80. The van der Waals surface area contributed by atoms with Gasteiger partial charge in [0.05, 0.1) is 6.61 Å². The van der Waals surface area contributed by atoms with Crippen molar-refractivity contribution in [2.45, 2.75) is 37.3 Å². The molecule has 0 amide bonds. The summed E-state index contributed by atoms with van der Waals surface area (Å²) < 4.78 is 28.8. The predicted molar refractivity (Wildman–Crippen MR) is 74.1 cm³/mol. The van der Waals surface area contributed by atoms with Crippen LogP contribution in [0.4, 0.5) is 5.13 Å². The van der Waals surface area contributed by atoms with Crippen molar-refractivity contribution in [3.63, 3.8) is 0 Å². The summed E-state index contributed by atoms with van der Waals surface area (Å²) >= 11 is 1.18. The van der Waals surface area contributed by atoms with Crippen LogP contribution < -0.4 is 4.72 Å². The highest BCUT2D eigenvalue weighted by molar-refractivity contribution is 7.93. The first kappa shape index (κ1) is 13.5. The second-order valence-corrected chi connectivity index (χ2v) is 7.56. The van der Waals surface area contributed by atoms with Crippen LogP contribution in [-0.4, -0.2) is 28.3 Å². The Labute approximate surface area is 120 Å². The highest BCUT2D eigenvalue weighted by Gasteiger charge is 2.28. The van der Waals surface area contributed by atoms with Gasteiger partial charge in [-0.3, -0.25) is 4.72 Å². The molecule has 1 fully saturated rings. The van der Waals surface area contributed by atoms with Gasteiger partial charge in [-0.1, -0.05) is 11.3 Å². The minimum atomic E-state index is -3.69. The van der Waals surface area contributed by atoms with Gasteiger partial charge in [0.1, 0.15) is 9.90 Å². The third kappa shape index (κ3) is 2.56. The number of hydrogen-bond donors (Lipinski definition) is 2. The van der Waals surface area contributed by atoms with E-state index >= 15 is 0 Å². The van der Waals surface area contributed by atoms with Crippen LogP contribution in [0.2, 0.25) is 0 Å². The Balaban J connectivity index is 1.90. The third-order valence-corrected chi connectivity index (χ3v) is 5.26. The zero-order chi connectivity index (χ0) is 14.3. The zero-order valence-electron chi connectivity index (χ0n) is 10.8. The van der Waals surface area contributed by atoms with Gasteiger partial charge >= 0.3 is 0 Å². The van der Waals surface area contributed by atoms with E-state index in [1.807, 2.05) is 4.57 Å². The lowest BCUT2D eigenvalue weighted by molar-refractivity contribution is 0.270. The van der Waals surface area contributed by atoms with Crippen LogP contribution in [0.25, 0.3) is 0 Å². The summed E-state index contributed by atoms with van der Waals surface area (Å²) in [5.74, 6) is 0. The molecule has 7 nitrogen and oxygen atoms in total. The smallest absolute Gasteiger partial charge is 0.265 e. The SMILES string of the molecule is Cc1nnc(NS(=O)(=O)c2cc(CO)n(C3CC3)c2)s1. The number of nitrogens with zero attached hydrogens (tertiary/aromatic N) is 3. The number of rotatable bonds is 5. The molecule has 0 spiro atoms. The Hall–Kier alpha value is -1.45. The van der Waals surface area contributed by atoms with Crippen LogP contribution in [0.3, 0.4) is 0 Å². The van der Waals surface area contributed by atoms with E-state index in [0.29, 0.717) is 16.7 Å². The molecule has 0 aromatic carbocycles. The predicted octanol–water partition coefficient (Wildman–Crippen LogP) is 1.28. The number of aromatic nitrogens is 3. The van der Waals surface area contributed by atoms with Crippen molar-refractivity contribution in [3.8, 4) is 0 Å². The fourth-order valence-corrected chi connectivity index (χ4v) is 3.85. The van der Waals surface area contributed by atoms with Crippen molar-refractivity contribution < 1.29 is 13.5 Å². The normalized spacial score (nSPS) is 15.5. The molecule has 1 aliphatic rings. The number of aryl methyl sites for hydroxylation is 1. The number of nitrogens with one attached hydrogen (secondary N) is 1. The quantitative estimate of drug-likeness (QED) is 0.866. The van der Waals surface area contributed by atoms with Crippen LogP contribution in [0.1, 0.15) is 29.6 Å². The molecule has 1 saturated carbocycles. The lowest BCUT2D eigenvalue weighted by Crippen LogP contribution is -2.12. The van der Waals surface area contributed by atoms with Crippen molar-refractivity contribution in [1.29, 1.82) is 0 Å². The van der Waals surface area contributed by atoms with Crippen molar-refractivity contribution in [2.24, 2.45) is 0 Å². The molecule has 0 saturated heterocycles. The van der Waals surface area contributed by atoms with Crippen LogP contribution in [-0.2, 0) is 16.6 Å². The Morgan fingerprint density at radius 2 is 2.25 bits per heavy atom. The van der Waals surface area contributed by atoms with E-state index in [1.165, 1.54) is 17.4 Å².